The third kappa shape index (κ3) is 3.48. The van der Waals surface area contributed by atoms with E-state index in [0.717, 1.165) is 6.61 Å². The molecule has 10 heavy (non-hydrogen) atoms. The number of epoxide rings is 1. The van der Waals surface area contributed by atoms with Crippen LogP contribution in [0.1, 0.15) is 6.92 Å². The van der Waals surface area contributed by atoms with Gasteiger partial charge in [0.25, 0.3) is 0 Å². The Hall–Kier alpha value is -0.540. The van der Waals surface area contributed by atoms with Gasteiger partial charge >= 0.3 is 0 Å². The fourth-order valence-electron chi connectivity index (χ4n) is 0.527. The Labute approximate surface area is 60.6 Å². The summed E-state index contributed by atoms with van der Waals surface area (Å²) < 4.78 is 14.9. The standard InChI is InChI=1S/C7H12O3/c1-2-3-8-6-9-4-7-5-10-7/h2-3,7H,4-6H2,1H3. The van der Waals surface area contributed by atoms with Crippen LogP contribution in [0.15, 0.2) is 12.3 Å². The predicted molar refractivity (Wildman–Crippen MR) is 36.5 cm³/mol. The van der Waals surface area contributed by atoms with E-state index in [1.54, 1.807) is 6.26 Å². The van der Waals surface area contributed by atoms with Crippen molar-refractivity contribution >= 4 is 0 Å². The van der Waals surface area contributed by atoms with E-state index in [2.05, 4.69) is 0 Å². The van der Waals surface area contributed by atoms with Crippen LogP contribution >= 0.6 is 0 Å². The molecule has 0 aromatic carbocycles. The van der Waals surface area contributed by atoms with Gasteiger partial charge in [-0.2, -0.15) is 0 Å². The van der Waals surface area contributed by atoms with Gasteiger partial charge in [-0.25, -0.2) is 0 Å². The monoisotopic (exact) mass is 144 g/mol. The maximum absolute atomic E-state index is 5.06. The molecule has 0 N–H and O–H groups in total. The Morgan fingerprint density at radius 1 is 1.70 bits per heavy atom. The number of ether oxygens (including phenoxy) is 3. The Kier molecular flexibility index (Phi) is 3.26. The van der Waals surface area contributed by atoms with E-state index in [1.165, 1.54) is 0 Å². The van der Waals surface area contributed by atoms with Crippen molar-refractivity contribution < 1.29 is 14.2 Å². The molecular weight excluding hydrogens is 132 g/mol. The first-order valence-electron chi connectivity index (χ1n) is 3.35. The van der Waals surface area contributed by atoms with Gasteiger partial charge in [0, 0.05) is 0 Å². The maximum Gasteiger partial charge on any atom is 0.188 e. The van der Waals surface area contributed by atoms with Crippen LogP contribution in [0.2, 0.25) is 0 Å². The highest BCUT2D eigenvalue weighted by Gasteiger charge is 2.21. The van der Waals surface area contributed by atoms with E-state index in [9.17, 15) is 0 Å². The fourth-order valence-corrected chi connectivity index (χ4v) is 0.527. The number of hydrogen-bond acceptors (Lipinski definition) is 3. The molecule has 1 unspecified atom stereocenters. The molecule has 0 aromatic heterocycles. The van der Waals surface area contributed by atoms with Crippen LogP contribution in [-0.4, -0.2) is 26.1 Å². The second kappa shape index (κ2) is 4.30. The lowest BCUT2D eigenvalue weighted by Crippen LogP contribution is -2.03. The maximum atomic E-state index is 5.06. The highest BCUT2D eigenvalue weighted by molar-refractivity contribution is 4.67. The number of hydrogen-bond donors (Lipinski definition) is 0. The molecule has 1 fully saturated rings. The molecule has 1 aliphatic heterocycles. The third-order valence-electron chi connectivity index (χ3n) is 1.09. The van der Waals surface area contributed by atoms with Crippen molar-refractivity contribution in [3.05, 3.63) is 12.3 Å². The first-order chi connectivity index (χ1) is 4.93. The van der Waals surface area contributed by atoms with Crippen molar-refractivity contribution in [2.24, 2.45) is 0 Å². The van der Waals surface area contributed by atoms with Crippen molar-refractivity contribution in [3.63, 3.8) is 0 Å². The van der Waals surface area contributed by atoms with Gasteiger partial charge in [0.15, 0.2) is 6.79 Å². The van der Waals surface area contributed by atoms with Crippen LogP contribution in [0.25, 0.3) is 0 Å². The summed E-state index contributed by atoms with van der Waals surface area (Å²) in [4.78, 5) is 0. The van der Waals surface area contributed by atoms with E-state index in [1.807, 2.05) is 13.0 Å². The zero-order valence-electron chi connectivity index (χ0n) is 6.08. The molecule has 3 nitrogen and oxygen atoms in total. The zero-order valence-corrected chi connectivity index (χ0v) is 6.08. The molecule has 1 aliphatic rings. The van der Waals surface area contributed by atoms with Crippen molar-refractivity contribution in [2.45, 2.75) is 13.0 Å². The van der Waals surface area contributed by atoms with Gasteiger partial charge in [-0.15, -0.1) is 0 Å². The van der Waals surface area contributed by atoms with E-state index < -0.39 is 0 Å². The lowest BCUT2D eigenvalue weighted by atomic mass is 10.5. The van der Waals surface area contributed by atoms with E-state index in [-0.39, 0.29) is 0 Å². The minimum Gasteiger partial charge on any atom is -0.476 e. The van der Waals surface area contributed by atoms with Crippen molar-refractivity contribution in [2.75, 3.05) is 20.0 Å². The zero-order chi connectivity index (χ0) is 7.23. The van der Waals surface area contributed by atoms with Gasteiger partial charge in [0.1, 0.15) is 6.10 Å². The molecule has 0 spiro atoms. The van der Waals surface area contributed by atoms with Crippen LogP contribution in [-0.2, 0) is 14.2 Å². The van der Waals surface area contributed by atoms with Crippen LogP contribution in [0.3, 0.4) is 0 Å². The molecule has 0 amide bonds. The molecular formula is C7H12O3. The quantitative estimate of drug-likeness (QED) is 0.249. The summed E-state index contributed by atoms with van der Waals surface area (Å²) >= 11 is 0. The highest BCUT2D eigenvalue weighted by atomic mass is 16.7. The topological polar surface area (TPSA) is 31.0 Å². The molecule has 0 bridgehead atoms. The number of rotatable bonds is 5. The predicted octanol–water partition coefficient (Wildman–Crippen LogP) is 0.909. The summed E-state index contributed by atoms with van der Waals surface area (Å²) in [5, 5.41) is 0. The summed E-state index contributed by atoms with van der Waals surface area (Å²) in [5.41, 5.74) is 0. The Morgan fingerprint density at radius 2 is 2.50 bits per heavy atom. The van der Waals surface area contributed by atoms with E-state index in [0.29, 0.717) is 19.5 Å². The molecule has 58 valence electrons. The summed E-state index contributed by atoms with van der Waals surface area (Å²) in [6.45, 7) is 3.70. The second-order valence-corrected chi connectivity index (χ2v) is 2.08. The first-order valence-corrected chi connectivity index (χ1v) is 3.35. The lowest BCUT2D eigenvalue weighted by Gasteiger charge is -1.99. The summed E-state index contributed by atoms with van der Waals surface area (Å²) in [6.07, 6.45) is 3.75. The van der Waals surface area contributed by atoms with Gasteiger partial charge in [-0.3, -0.25) is 0 Å². The Bertz CT molecular complexity index is 107. The third-order valence-corrected chi connectivity index (χ3v) is 1.09. The summed E-state index contributed by atoms with van der Waals surface area (Å²) in [6, 6.07) is 0. The van der Waals surface area contributed by atoms with Gasteiger partial charge in [0.2, 0.25) is 0 Å². The average Bonchev–Trinajstić information content (AvgIpc) is 2.71. The molecule has 1 atom stereocenters. The van der Waals surface area contributed by atoms with Crippen molar-refractivity contribution in [1.29, 1.82) is 0 Å². The highest BCUT2D eigenvalue weighted by Crippen LogP contribution is 2.07. The Balaban J connectivity index is 1.76. The minimum absolute atomic E-state index is 0.324. The smallest absolute Gasteiger partial charge is 0.188 e. The molecule has 0 aromatic rings. The van der Waals surface area contributed by atoms with Crippen LogP contribution < -0.4 is 0 Å². The molecule has 1 heterocycles. The second-order valence-electron chi connectivity index (χ2n) is 2.08. The van der Waals surface area contributed by atoms with Crippen molar-refractivity contribution in [1.82, 2.24) is 0 Å². The van der Waals surface area contributed by atoms with Gasteiger partial charge in [-0.1, -0.05) is 6.08 Å². The first kappa shape index (κ1) is 7.57. The largest absolute Gasteiger partial charge is 0.476 e. The summed E-state index contributed by atoms with van der Waals surface area (Å²) in [5.74, 6) is 0. The SMILES string of the molecule is CC=COCOCC1CO1. The van der Waals surface area contributed by atoms with Gasteiger partial charge in [0.05, 0.1) is 19.5 Å². The number of allylic oxidation sites excluding steroid dienone is 1. The van der Waals surface area contributed by atoms with Gasteiger partial charge < -0.3 is 14.2 Å². The molecule has 0 radical (unpaired) electrons. The molecule has 3 heteroatoms. The van der Waals surface area contributed by atoms with E-state index in [4.69, 9.17) is 14.2 Å². The molecule has 0 aliphatic carbocycles. The van der Waals surface area contributed by atoms with Gasteiger partial charge in [-0.05, 0) is 6.92 Å². The average molecular weight is 144 g/mol. The van der Waals surface area contributed by atoms with E-state index >= 15 is 0 Å². The Morgan fingerprint density at radius 3 is 3.10 bits per heavy atom. The molecule has 1 rings (SSSR count). The van der Waals surface area contributed by atoms with Crippen LogP contribution in [0, 0.1) is 0 Å². The molecule has 0 saturated carbocycles. The lowest BCUT2D eigenvalue weighted by molar-refractivity contribution is -0.0170. The minimum atomic E-state index is 0.324. The summed E-state index contributed by atoms with van der Waals surface area (Å²) in [7, 11) is 0. The van der Waals surface area contributed by atoms with Crippen LogP contribution in [0.4, 0.5) is 0 Å². The normalized spacial score (nSPS) is 23.5. The fraction of sp³-hybridized carbons (Fsp3) is 0.714. The molecule has 1 saturated heterocycles. The van der Waals surface area contributed by atoms with Crippen molar-refractivity contribution in [3.8, 4) is 0 Å². The van der Waals surface area contributed by atoms with Crippen LogP contribution in [0.5, 0.6) is 0 Å².